The normalized spacial score (nSPS) is 11.9. The van der Waals surface area contributed by atoms with Crippen molar-refractivity contribution in [3.8, 4) is 0 Å². The maximum atomic E-state index is 11.8. The van der Waals surface area contributed by atoms with Crippen molar-refractivity contribution in [2.45, 2.75) is 52.1 Å². The summed E-state index contributed by atoms with van der Waals surface area (Å²) in [4.78, 5) is 11.2. The molecule has 5 heteroatoms. The number of hydrogen-bond donors (Lipinski definition) is 0. The number of thioether (sulfide) groups is 1. The van der Waals surface area contributed by atoms with Crippen molar-refractivity contribution in [1.82, 2.24) is 0 Å². The van der Waals surface area contributed by atoms with Gasteiger partial charge in [-0.05, 0) is 39.4 Å². The molecule has 0 aliphatic carbocycles. The smallest absolute Gasteiger partial charge is 0.316 e. The van der Waals surface area contributed by atoms with Crippen LogP contribution in [0.3, 0.4) is 0 Å². The summed E-state index contributed by atoms with van der Waals surface area (Å²) in [6.45, 7) is 5.45. The summed E-state index contributed by atoms with van der Waals surface area (Å²) < 4.78 is 28.7. The molecule has 0 radical (unpaired) electrons. The Morgan fingerprint density at radius 2 is 1.94 bits per heavy atom. The molecule has 96 valence electrons. The van der Waals surface area contributed by atoms with E-state index in [2.05, 4.69) is 0 Å². The fraction of sp³-hybridized carbons (Fsp3) is 0.909. The van der Waals surface area contributed by atoms with E-state index < -0.39 is 12.0 Å². The molecule has 16 heavy (non-hydrogen) atoms. The fourth-order valence-electron chi connectivity index (χ4n) is 1.03. The van der Waals surface area contributed by atoms with E-state index in [4.69, 9.17) is 4.74 Å². The lowest BCUT2D eigenvalue weighted by atomic mass is 10.2. The molecule has 0 aliphatic rings. The first-order chi connectivity index (χ1) is 7.31. The topological polar surface area (TPSA) is 26.3 Å². The highest BCUT2D eigenvalue weighted by molar-refractivity contribution is 7.99. The van der Waals surface area contributed by atoms with Gasteiger partial charge in [-0.2, -0.15) is 11.8 Å². The lowest BCUT2D eigenvalue weighted by molar-refractivity contribution is -0.151. The highest BCUT2D eigenvalue weighted by atomic mass is 32.2. The van der Waals surface area contributed by atoms with E-state index >= 15 is 0 Å². The molecule has 0 bridgehead atoms. The molecule has 0 aromatic carbocycles. The number of ether oxygens (including phenoxy) is 1. The van der Waals surface area contributed by atoms with Gasteiger partial charge in [0.2, 0.25) is 6.43 Å². The maximum Gasteiger partial charge on any atom is 0.316 e. The maximum absolute atomic E-state index is 11.8. The van der Waals surface area contributed by atoms with Crippen LogP contribution in [0.1, 0.15) is 40.0 Å². The van der Waals surface area contributed by atoms with Crippen LogP contribution >= 0.6 is 11.8 Å². The molecule has 0 atom stereocenters. The minimum atomic E-state index is -2.21. The van der Waals surface area contributed by atoms with E-state index in [0.717, 1.165) is 12.2 Å². The summed E-state index contributed by atoms with van der Waals surface area (Å²) in [6.07, 6.45) is -1.03. The van der Waals surface area contributed by atoms with Crippen molar-refractivity contribution in [3.63, 3.8) is 0 Å². The molecule has 0 N–H and O–H groups in total. The third-order valence-corrected chi connectivity index (χ3v) is 2.62. The molecule has 0 unspecified atom stereocenters. The van der Waals surface area contributed by atoms with Crippen LogP contribution in [0, 0.1) is 0 Å². The summed E-state index contributed by atoms with van der Waals surface area (Å²) >= 11 is 1.43. The van der Waals surface area contributed by atoms with Crippen LogP contribution in [0.15, 0.2) is 0 Å². The minimum absolute atomic E-state index is 0.0486. The van der Waals surface area contributed by atoms with Crippen LogP contribution in [0.25, 0.3) is 0 Å². The lowest BCUT2D eigenvalue weighted by Gasteiger charge is -2.19. The Morgan fingerprint density at radius 3 is 2.44 bits per heavy atom. The van der Waals surface area contributed by atoms with Crippen LogP contribution in [-0.4, -0.2) is 29.5 Å². The number of esters is 1. The Balaban J connectivity index is 3.35. The number of carbonyl (C=O) groups excluding carboxylic acids is 1. The molecule has 0 aromatic heterocycles. The van der Waals surface area contributed by atoms with Gasteiger partial charge in [0.05, 0.1) is 5.75 Å². The summed E-state index contributed by atoms with van der Waals surface area (Å²) in [5.41, 5.74) is -0.451. The Bertz CT molecular complexity index is 203. The second kappa shape index (κ2) is 7.87. The number of unbranched alkanes of at least 4 members (excludes halogenated alkanes) is 1. The van der Waals surface area contributed by atoms with Gasteiger partial charge < -0.3 is 4.74 Å². The minimum Gasteiger partial charge on any atom is -0.459 e. The molecule has 0 rings (SSSR count). The highest BCUT2D eigenvalue weighted by Crippen LogP contribution is 2.12. The highest BCUT2D eigenvalue weighted by Gasteiger charge is 2.15. The molecule has 0 aromatic rings. The number of halogens is 2. The molecule has 0 spiro atoms. The van der Waals surface area contributed by atoms with E-state index in [9.17, 15) is 13.6 Å². The second-order valence-corrected chi connectivity index (χ2v) is 5.63. The predicted molar refractivity (Wildman–Crippen MR) is 63.0 cm³/mol. The van der Waals surface area contributed by atoms with E-state index in [1.54, 1.807) is 0 Å². The molecule has 0 amide bonds. The van der Waals surface area contributed by atoms with Gasteiger partial charge in [-0.1, -0.05) is 0 Å². The van der Waals surface area contributed by atoms with Crippen molar-refractivity contribution in [3.05, 3.63) is 0 Å². The Kier molecular flexibility index (Phi) is 7.72. The third-order valence-electron chi connectivity index (χ3n) is 1.60. The van der Waals surface area contributed by atoms with Gasteiger partial charge in [-0.15, -0.1) is 0 Å². The molecular weight excluding hydrogens is 234 g/mol. The van der Waals surface area contributed by atoms with Gasteiger partial charge in [0.1, 0.15) is 5.60 Å². The van der Waals surface area contributed by atoms with E-state index in [0.29, 0.717) is 12.2 Å². The zero-order valence-electron chi connectivity index (χ0n) is 10.1. The molecular formula is C11H20F2O2S. The molecule has 0 heterocycles. The van der Waals surface area contributed by atoms with E-state index in [-0.39, 0.29) is 12.4 Å². The summed E-state index contributed by atoms with van der Waals surface area (Å²) in [6, 6.07) is 0. The third kappa shape index (κ3) is 11.8. The zero-order valence-corrected chi connectivity index (χ0v) is 10.9. The molecule has 0 saturated carbocycles. The molecule has 2 nitrogen and oxygen atoms in total. The van der Waals surface area contributed by atoms with Gasteiger partial charge in [0.15, 0.2) is 0 Å². The number of hydrogen-bond acceptors (Lipinski definition) is 3. The van der Waals surface area contributed by atoms with Crippen molar-refractivity contribution in [2.75, 3.05) is 11.5 Å². The zero-order chi connectivity index (χ0) is 12.6. The van der Waals surface area contributed by atoms with Crippen molar-refractivity contribution in [1.29, 1.82) is 0 Å². The first-order valence-electron chi connectivity index (χ1n) is 5.39. The van der Waals surface area contributed by atoms with Crippen LogP contribution in [-0.2, 0) is 9.53 Å². The largest absolute Gasteiger partial charge is 0.459 e. The molecule has 0 saturated heterocycles. The standard InChI is InChI=1S/C11H20F2O2S/c1-11(2,3)15-10(14)8-16-7-5-4-6-9(12)13/h9H,4-8H2,1-3H3. The Labute approximate surface area is 100 Å². The van der Waals surface area contributed by atoms with Gasteiger partial charge in [-0.3, -0.25) is 4.79 Å². The number of alkyl halides is 2. The first-order valence-corrected chi connectivity index (χ1v) is 6.54. The quantitative estimate of drug-likeness (QED) is 0.514. The van der Waals surface area contributed by atoms with E-state index in [1.807, 2.05) is 20.8 Å². The molecule has 0 fully saturated rings. The van der Waals surface area contributed by atoms with Crippen molar-refractivity contribution in [2.24, 2.45) is 0 Å². The summed E-state index contributed by atoms with van der Waals surface area (Å²) in [5, 5.41) is 0. The monoisotopic (exact) mass is 254 g/mol. The van der Waals surface area contributed by atoms with Crippen molar-refractivity contribution >= 4 is 17.7 Å². The number of carbonyl (C=O) groups is 1. The lowest BCUT2D eigenvalue weighted by Crippen LogP contribution is -2.25. The fourth-order valence-corrected chi connectivity index (χ4v) is 1.81. The van der Waals surface area contributed by atoms with Crippen LogP contribution in [0.2, 0.25) is 0 Å². The Morgan fingerprint density at radius 1 is 1.31 bits per heavy atom. The summed E-state index contributed by atoms with van der Waals surface area (Å²) in [7, 11) is 0. The molecule has 0 aliphatic heterocycles. The van der Waals surface area contributed by atoms with Crippen LogP contribution < -0.4 is 0 Å². The van der Waals surface area contributed by atoms with E-state index in [1.165, 1.54) is 11.8 Å². The van der Waals surface area contributed by atoms with Crippen LogP contribution in [0.5, 0.6) is 0 Å². The Hall–Kier alpha value is -0.320. The van der Waals surface area contributed by atoms with Crippen molar-refractivity contribution < 1.29 is 18.3 Å². The van der Waals surface area contributed by atoms with Gasteiger partial charge in [0.25, 0.3) is 0 Å². The van der Waals surface area contributed by atoms with Gasteiger partial charge in [-0.25, -0.2) is 8.78 Å². The second-order valence-electron chi connectivity index (χ2n) is 4.53. The predicted octanol–water partition coefficient (Wildman–Crippen LogP) is 3.50. The summed E-state index contributed by atoms with van der Waals surface area (Å²) in [5.74, 6) is 0.782. The van der Waals surface area contributed by atoms with Gasteiger partial charge >= 0.3 is 5.97 Å². The SMILES string of the molecule is CC(C)(C)OC(=O)CSCCCCC(F)F. The average Bonchev–Trinajstić information content (AvgIpc) is 2.07. The van der Waals surface area contributed by atoms with Gasteiger partial charge in [0, 0.05) is 6.42 Å². The first kappa shape index (κ1) is 15.7. The average molecular weight is 254 g/mol. The van der Waals surface area contributed by atoms with Crippen LogP contribution in [0.4, 0.5) is 8.78 Å². The number of rotatable bonds is 7.